The lowest BCUT2D eigenvalue weighted by molar-refractivity contribution is -0.0281. The van der Waals surface area contributed by atoms with Crippen molar-refractivity contribution in [2.45, 2.75) is 37.8 Å². The van der Waals surface area contributed by atoms with E-state index < -0.39 is 11.6 Å². The second-order valence-corrected chi connectivity index (χ2v) is 5.58. The molecule has 1 aliphatic heterocycles. The molecule has 1 aromatic carbocycles. The number of hydrogen-bond acceptors (Lipinski definition) is 2. The molecule has 0 radical (unpaired) electrons. The van der Waals surface area contributed by atoms with Crippen LogP contribution in [0.25, 0.3) is 0 Å². The van der Waals surface area contributed by atoms with E-state index >= 15 is 0 Å². The summed E-state index contributed by atoms with van der Waals surface area (Å²) in [7, 11) is 0. The van der Waals surface area contributed by atoms with E-state index in [-0.39, 0.29) is 6.10 Å². The van der Waals surface area contributed by atoms with Gasteiger partial charge in [0.2, 0.25) is 0 Å². The lowest BCUT2D eigenvalue weighted by Crippen LogP contribution is -2.33. The Morgan fingerprint density at radius 1 is 1.11 bits per heavy atom. The summed E-state index contributed by atoms with van der Waals surface area (Å²) < 4.78 is 32.4. The average Bonchev–Trinajstić information content (AvgIpc) is 3.19. The summed E-state index contributed by atoms with van der Waals surface area (Å²) in [6.45, 7) is 1.54. The molecule has 1 N–H and O–H groups in total. The van der Waals surface area contributed by atoms with Gasteiger partial charge in [0.15, 0.2) is 0 Å². The van der Waals surface area contributed by atoms with Gasteiger partial charge in [0.1, 0.15) is 11.6 Å². The molecule has 1 aromatic rings. The topological polar surface area (TPSA) is 21.3 Å². The largest absolute Gasteiger partial charge is 0.373 e. The molecule has 0 aromatic heterocycles. The molecule has 1 aliphatic carbocycles. The third kappa shape index (κ3) is 3.31. The summed E-state index contributed by atoms with van der Waals surface area (Å²) in [4.78, 5) is 0. The molecular formula is C15H19F2NO. The van der Waals surface area contributed by atoms with Crippen LogP contribution in [-0.2, 0) is 4.74 Å². The van der Waals surface area contributed by atoms with Crippen molar-refractivity contribution >= 4 is 0 Å². The lowest BCUT2D eigenvalue weighted by atomic mass is 9.89. The van der Waals surface area contributed by atoms with Crippen LogP contribution in [0.2, 0.25) is 0 Å². The maximum absolute atomic E-state index is 13.3. The maximum atomic E-state index is 13.3. The third-order valence-electron chi connectivity index (χ3n) is 3.90. The summed E-state index contributed by atoms with van der Waals surface area (Å²) in [6.07, 6.45) is 4.36. The first-order valence-electron chi connectivity index (χ1n) is 7.03. The van der Waals surface area contributed by atoms with Crippen molar-refractivity contribution in [1.29, 1.82) is 0 Å². The minimum atomic E-state index is -0.530. The molecule has 2 unspecified atom stereocenters. The van der Waals surface area contributed by atoms with Gasteiger partial charge in [-0.1, -0.05) is 0 Å². The van der Waals surface area contributed by atoms with E-state index in [0.29, 0.717) is 24.1 Å². The Kier molecular flexibility index (Phi) is 3.80. The van der Waals surface area contributed by atoms with Crippen molar-refractivity contribution < 1.29 is 13.5 Å². The molecule has 1 heterocycles. The second-order valence-electron chi connectivity index (χ2n) is 5.58. The van der Waals surface area contributed by atoms with Gasteiger partial charge in [0.05, 0.1) is 6.10 Å². The van der Waals surface area contributed by atoms with Crippen LogP contribution in [-0.4, -0.2) is 19.2 Å². The molecule has 2 aliphatic rings. The Hall–Kier alpha value is -1.00. The van der Waals surface area contributed by atoms with E-state index in [9.17, 15) is 8.78 Å². The Morgan fingerprint density at radius 3 is 2.53 bits per heavy atom. The molecule has 2 fully saturated rings. The molecule has 2 nitrogen and oxygen atoms in total. The minimum Gasteiger partial charge on any atom is -0.373 e. The fraction of sp³-hybridized carbons (Fsp3) is 0.600. The van der Waals surface area contributed by atoms with Crippen molar-refractivity contribution in [2.75, 3.05) is 13.2 Å². The van der Waals surface area contributed by atoms with Crippen molar-refractivity contribution in [3.8, 4) is 0 Å². The summed E-state index contributed by atoms with van der Waals surface area (Å²) in [6, 6.07) is 4.34. The van der Waals surface area contributed by atoms with Crippen molar-refractivity contribution in [1.82, 2.24) is 5.32 Å². The van der Waals surface area contributed by atoms with Crippen LogP contribution in [0.3, 0.4) is 0 Å². The normalized spacial score (nSPS) is 27.5. The van der Waals surface area contributed by atoms with Crippen LogP contribution in [0.4, 0.5) is 8.78 Å². The first-order valence-corrected chi connectivity index (χ1v) is 7.03. The van der Waals surface area contributed by atoms with Gasteiger partial charge in [-0.05, 0) is 43.4 Å². The van der Waals surface area contributed by atoms with Crippen molar-refractivity contribution in [2.24, 2.45) is 5.92 Å². The van der Waals surface area contributed by atoms with Crippen molar-refractivity contribution in [3.63, 3.8) is 0 Å². The number of hydrogen-bond donors (Lipinski definition) is 1. The van der Waals surface area contributed by atoms with Crippen molar-refractivity contribution in [3.05, 3.63) is 35.4 Å². The van der Waals surface area contributed by atoms with Gasteiger partial charge >= 0.3 is 0 Å². The predicted octanol–water partition coefficient (Wildman–Crippen LogP) is 3.18. The Labute approximate surface area is 112 Å². The predicted molar refractivity (Wildman–Crippen MR) is 68.8 cm³/mol. The van der Waals surface area contributed by atoms with E-state index in [2.05, 4.69) is 5.32 Å². The Morgan fingerprint density at radius 2 is 1.84 bits per heavy atom. The zero-order chi connectivity index (χ0) is 13.2. The molecular weight excluding hydrogens is 248 g/mol. The smallest absolute Gasteiger partial charge is 0.126 e. The lowest BCUT2D eigenvalue weighted by Gasteiger charge is -2.32. The van der Waals surface area contributed by atoms with Crippen LogP contribution < -0.4 is 5.32 Å². The van der Waals surface area contributed by atoms with Gasteiger partial charge in [0.25, 0.3) is 0 Å². The fourth-order valence-corrected chi connectivity index (χ4v) is 2.77. The van der Waals surface area contributed by atoms with Gasteiger partial charge in [-0.3, -0.25) is 0 Å². The third-order valence-corrected chi connectivity index (χ3v) is 3.90. The standard InChI is InChI=1S/C15H19F2NO/c16-12-6-11(7-13(17)8-12)15-10(2-1-5-19-15)9-18-14-3-4-14/h6-8,10,14-15,18H,1-5,9H2. The van der Waals surface area contributed by atoms with E-state index in [1.807, 2.05) is 0 Å². The minimum absolute atomic E-state index is 0.190. The first kappa shape index (κ1) is 13.0. The van der Waals surface area contributed by atoms with Gasteiger partial charge in [-0.2, -0.15) is 0 Å². The molecule has 0 bridgehead atoms. The van der Waals surface area contributed by atoms with E-state index in [1.54, 1.807) is 0 Å². The highest BCUT2D eigenvalue weighted by Crippen LogP contribution is 2.34. The van der Waals surface area contributed by atoms with Gasteiger partial charge < -0.3 is 10.1 Å². The summed E-state index contributed by atoms with van der Waals surface area (Å²) in [5, 5.41) is 3.49. The summed E-state index contributed by atoms with van der Waals surface area (Å²) >= 11 is 0. The molecule has 3 rings (SSSR count). The molecule has 0 spiro atoms. The second kappa shape index (κ2) is 5.55. The number of halogens is 2. The van der Waals surface area contributed by atoms with Crippen LogP contribution >= 0.6 is 0 Å². The molecule has 4 heteroatoms. The first-order chi connectivity index (χ1) is 9.22. The molecule has 19 heavy (non-hydrogen) atoms. The van der Waals surface area contributed by atoms with Gasteiger partial charge in [0, 0.05) is 31.2 Å². The molecule has 2 atom stereocenters. The zero-order valence-corrected chi connectivity index (χ0v) is 10.9. The highest BCUT2D eigenvalue weighted by Gasteiger charge is 2.30. The van der Waals surface area contributed by atoms with E-state index in [1.165, 1.54) is 25.0 Å². The zero-order valence-electron chi connectivity index (χ0n) is 10.9. The molecule has 0 amide bonds. The number of nitrogens with one attached hydrogen (secondary N) is 1. The quantitative estimate of drug-likeness (QED) is 0.904. The fourth-order valence-electron chi connectivity index (χ4n) is 2.77. The van der Waals surface area contributed by atoms with Crippen LogP contribution in [0.1, 0.15) is 37.4 Å². The van der Waals surface area contributed by atoms with E-state index in [4.69, 9.17) is 4.74 Å². The van der Waals surface area contributed by atoms with Gasteiger partial charge in [-0.25, -0.2) is 8.78 Å². The van der Waals surface area contributed by atoms with Gasteiger partial charge in [-0.15, -0.1) is 0 Å². The highest BCUT2D eigenvalue weighted by atomic mass is 19.1. The SMILES string of the molecule is Fc1cc(F)cc(C2OCCCC2CNC2CC2)c1. The molecule has 1 saturated carbocycles. The average molecular weight is 267 g/mol. The van der Waals surface area contributed by atoms with E-state index in [0.717, 1.165) is 25.5 Å². The van der Waals surface area contributed by atoms with Crippen LogP contribution in [0, 0.1) is 17.6 Å². The number of benzene rings is 1. The van der Waals surface area contributed by atoms with Crippen LogP contribution in [0.15, 0.2) is 18.2 Å². The maximum Gasteiger partial charge on any atom is 0.126 e. The number of rotatable bonds is 4. The molecule has 1 saturated heterocycles. The monoisotopic (exact) mass is 267 g/mol. The summed E-state index contributed by atoms with van der Waals surface area (Å²) in [5.74, 6) is -0.758. The summed E-state index contributed by atoms with van der Waals surface area (Å²) in [5.41, 5.74) is 0.625. The van der Waals surface area contributed by atoms with Crippen LogP contribution in [0.5, 0.6) is 0 Å². The number of ether oxygens (including phenoxy) is 1. The molecule has 104 valence electrons. The Bertz CT molecular complexity index is 428. The highest BCUT2D eigenvalue weighted by molar-refractivity contribution is 5.21. The Balaban J connectivity index is 1.73.